The van der Waals surface area contributed by atoms with E-state index in [4.69, 9.17) is 32.9 Å². The Morgan fingerprint density at radius 1 is 1.24 bits per heavy atom. The summed E-state index contributed by atoms with van der Waals surface area (Å²) in [4.78, 5) is 37.5. The average Bonchev–Trinajstić information content (AvgIpc) is 3.31. The minimum absolute atomic E-state index is 0.0661. The molecule has 0 saturated carbocycles. The molecule has 2 aromatic carbocycles. The molecule has 1 aliphatic rings. The molecule has 0 bridgehead atoms. The number of fused-ring (bicyclic) bond motifs is 1. The molecule has 9 heteroatoms. The second kappa shape index (κ2) is 11.1. The Kier molecular flexibility index (Phi) is 8.05. The highest BCUT2D eigenvalue weighted by Crippen LogP contribution is 2.43. The topological polar surface area (TPSA) is 75.6 Å². The second-order valence-corrected chi connectivity index (χ2v) is 10.2. The Morgan fingerprint density at radius 2 is 2.00 bits per heavy atom. The molecule has 7 nitrogen and oxygen atoms in total. The van der Waals surface area contributed by atoms with Gasteiger partial charge in [-0.05, 0) is 54.2 Å². The van der Waals surface area contributed by atoms with E-state index in [9.17, 15) is 9.59 Å². The minimum Gasteiger partial charge on any atom is -0.495 e. The molecule has 4 rings (SSSR count). The number of ether oxygens (including phenoxy) is 1. The van der Waals surface area contributed by atoms with Crippen molar-refractivity contribution in [2.45, 2.75) is 32.2 Å². The maximum atomic E-state index is 12.7. The maximum absolute atomic E-state index is 12.7. The van der Waals surface area contributed by atoms with Gasteiger partial charge in [-0.3, -0.25) is 9.59 Å². The van der Waals surface area contributed by atoms with Crippen LogP contribution in [0.25, 0.3) is 22.0 Å². The number of carbonyl (C=O) groups is 2. The Morgan fingerprint density at radius 3 is 2.65 bits per heavy atom. The molecule has 0 spiro atoms. The van der Waals surface area contributed by atoms with Crippen LogP contribution in [-0.4, -0.2) is 65.4 Å². The van der Waals surface area contributed by atoms with E-state index in [1.165, 1.54) is 11.0 Å². The van der Waals surface area contributed by atoms with Crippen LogP contribution < -0.4 is 4.74 Å². The van der Waals surface area contributed by atoms with Crippen LogP contribution in [-0.2, 0) is 22.4 Å². The fourth-order valence-electron chi connectivity index (χ4n) is 4.87. The molecule has 2 heterocycles. The van der Waals surface area contributed by atoms with Gasteiger partial charge in [0.15, 0.2) is 0 Å². The summed E-state index contributed by atoms with van der Waals surface area (Å²) in [5.74, 6) is 0.981. The Bertz CT molecular complexity index is 1350. The van der Waals surface area contributed by atoms with Crippen LogP contribution in [0.5, 0.6) is 5.75 Å². The first-order valence-electron chi connectivity index (χ1n) is 12.1. The van der Waals surface area contributed by atoms with Gasteiger partial charge in [0.05, 0.1) is 22.7 Å². The van der Waals surface area contributed by atoms with E-state index in [0.29, 0.717) is 41.0 Å². The highest BCUT2D eigenvalue weighted by Gasteiger charge is 2.39. The molecule has 37 heavy (non-hydrogen) atoms. The molecule has 0 aliphatic carbocycles. The number of methoxy groups -OCH3 is 1. The molecule has 1 aromatic heterocycles. The van der Waals surface area contributed by atoms with Gasteiger partial charge in [0.1, 0.15) is 17.6 Å². The molecule has 3 aromatic rings. The standard InChI is InChI=1S/C28H30Cl2N4O3/c1-6-17-13-22(37-5)27(30)25(26(17)29)18-8-9-20-19(12-18)14-31-23(32-20)11-16-10-21(28(36)33(3)4)34(15-16)24(35)7-2/h7-9,12-14,16,21H,2,6,10-11,15H2,1,3-5H3/t16-,21+/m1/s1. The van der Waals surface area contributed by atoms with E-state index in [-0.39, 0.29) is 17.7 Å². The molecular weight excluding hydrogens is 511 g/mol. The highest BCUT2D eigenvalue weighted by molar-refractivity contribution is 6.40. The van der Waals surface area contributed by atoms with Crippen LogP contribution in [0.2, 0.25) is 10.0 Å². The van der Waals surface area contributed by atoms with Gasteiger partial charge < -0.3 is 14.5 Å². The van der Waals surface area contributed by atoms with Crippen LogP contribution in [0.15, 0.2) is 43.1 Å². The average molecular weight is 541 g/mol. The van der Waals surface area contributed by atoms with E-state index in [2.05, 4.69) is 11.6 Å². The van der Waals surface area contributed by atoms with Crippen molar-refractivity contribution in [3.8, 4) is 16.9 Å². The zero-order chi connectivity index (χ0) is 26.9. The van der Waals surface area contributed by atoms with Crippen LogP contribution in [0.1, 0.15) is 24.7 Å². The SMILES string of the molecule is C=CC(=O)N1C[C@@H](Cc2ncc3cc(-c4c(Cl)c(CC)cc(OC)c4Cl)ccc3n2)C[C@H]1C(=O)N(C)C. The maximum Gasteiger partial charge on any atom is 0.246 e. The Labute approximate surface area is 227 Å². The lowest BCUT2D eigenvalue weighted by atomic mass is 9.99. The number of hydrogen-bond acceptors (Lipinski definition) is 5. The number of carbonyl (C=O) groups excluding carboxylic acids is 2. The summed E-state index contributed by atoms with van der Waals surface area (Å²) in [6, 6.07) is 7.20. The third kappa shape index (κ3) is 5.29. The lowest BCUT2D eigenvalue weighted by molar-refractivity contribution is -0.139. The first-order chi connectivity index (χ1) is 17.7. The molecular formula is C28H30Cl2N4O3. The van der Waals surface area contributed by atoms with Crippen LogP contribution >= 0.6 is 23.2 Å². The van der Waals surface area contributed by atoms with Gasteiger partial charge in [0.25, 0.3) is 0 Å². The summed E-state index contributed by atoms with van der Waals surface area (Å²) < 4.78 is 5.47. The highest BCUT2D eigenvalue weighted by atomic mass is 35.5. The summed E-state index contributed by atoms with van der Waals surface area (Å²) in [5.41, 5.74) is 3.32. The summed E-state index contributed by atoms with van der Waals surface area (Å²) in [6.45, 7) is 6.07. The second-order valence-electron chi connectivity index (χ2n) is 9.40. The van der Waals surface area contributed by atoms with E-state index < -0.39 is 6.04 Å². The number of halogens is 2. The molecule has 1 fully saturated rings. The van der Waals surface area contributed by atoms with Gasteiger partial charge >= 0.3 is 0 Å². The smallest absolute Gasteiger partial charge is 0.246 e. The predicted octanol–water partition coefficient (Wildman–Crippen LogP) is 5.21. The fourth-order valence-corrected chi connectivity index (χ4v) is 5.65. The number of aryl methyl sites for hydroxylation is 1. The first kappa shape index (κ1) is 26.9. The van der Waals surface area contributed by atoms with Crippen molar-refractivity contribution in [2.24, 2.45) is 5.92 Å². The minimum atomic E-state index is -0.501. The molecule has 1 saturated heterocycles. The largest absolute Gasteiger partial charge is 0.495 e. The van der Waals surface area contributed by atoms with Crippen LogP contribution in [0.4, 0.5) is 0 Å². The lowest BCUT2D eigenvalue weighted by Gasteiger charge is -2.24. The van der Waals surface area contributed by atoms with Gasteiger partial charge in [-0.15, -0.1) is 0 Å². The molecule has 0 N–H and O–H groups in total. The Hall–Kier alpha value is -3.16. The quantitative estimate of drug-likeness (QED) is 0.384. The van der Waals surface area contributed by atoms with Crippen molar-refractivity contribution in [1.82, 2.24) is 19.8 Å². The van der Waals surface area contributed by atoms with Gasteiger partial charge in [0, 0.05) is 44.2 Å². The van der Waals surface area contributed by atoms with Gasteiger partial charge in [-0.2, -0.15) is 0 Å². The molecule has 2 amide bonds. The van der Waals surface area contributed by atoms with Crippen molar-refractivity contribution < 1.29 is 14.3 Å². The fraction of sp³-hybridized carbons (Fsp3) is 0.357. The number of benzene rings is 2. The van der Waals surface area contributed by atoms with Gasteiger partial charge in [-0.1, -0.05) is 42.8 Å². The van der Waals surface area contributed by atoms with Crippen molar-refractivity contribution in [3.05, 3.63) is 64.6 Å². The zero-order valence-corrected chi connectivity index (χ0v) is 22.9. The number of nitrogens with zero attached hydrogens (tertiary/aromatic N) is 4. The Balaban J connectivity index is 1.61. The lowest BCUT2D eigenvalue weighted by Crippen LogP contribution is -2.44. The normalized spacial score (nSPS) is 17.2. The van der Waals surface area contributed by atoms with Crippen molar-refractivity contribution in [1.29, 1.82) is 0 Å². The number of likely N-dealkylation sites (N-methyl/N-ethyl adjacent to an activating group) is 1. The first-order valence-corrected chi connectivity index (χ1v) is 12.9. The van der Waals surface area contributed by atoms with Crippen molar-refractivity contribution in [2.75, 3.05) is 27.7 Å². The third-order valence-corrected chi connectivity index (χ3v) is 7.61. The van der Waals surface area contributed by atoms with Crippen molar-refractivity contribution >= 4 is 45.9 Å². The number of rotatable bonds is 7. The number of hydrogen-bond donors (Lipinski definition) is 0. The van der Waals surface area contributed by atoms with Gasteiger partial charge in [-0.25, -0.2) is 9.97 Å². The van der Waals surface area contributed by atoms with Crippen molar-refractivity contribution in [3.63, 3.8) is 0 Å². The van der Waals surface area contributed by atoms with E-state index in [1.54, 1.807) is 32.3 Å². The van der Waals surface area contributed by atoms with E-state index >= 15 is 0 Å². The third-order valence-electron chi connectivity index (χ3n) is 6.80. The molecule has 0 unspecified atom stereocenters. The monoisotopic (exact) mass is 540 g/mol. The number of amides is 2. The molecule has 0 radical (unpaired) electrons. The van der Waals surface area contributed by atoms with Gasteiger partial charge in [0.2, 0.25) is 11.8 Å². The molecule has 1 aliphatic heterocycles. The molecule has 194 valence electrons. The zero-order valence-electron chi connectivity index (χ0n) is 21.4. The summed E-state index contributed by atoms with van der Waals surface area (Å²) in [7, 11) is 4.98. The van der Waals surface area contributed by atoms with E-state index in [0.717, 1.165) is 34.0 Å². The summed E-state index contributed by atoms with van der Waals surface area (Å²) in [6.07, 6.45) is 4.91. The summed E-state index contributed by atoms with van der Waals surface area (Å²) >= 11 is 13.4. The number of likely N-dealkylation sites (tertiary alicyclic amines) is 1. The summed E-state index contributed by atoms with van der Waals surface area (Å²) in [5, 5.41) is 1.92. The number of aromatic nitrogens is 2. The predicted molar refractivity (Wildman–Crippen MR) is 147 cm³/mol. The van der Waals surface area contributed by atoms with Crippen LogP contribution in [0.3, 0.4) is 0 Å². The van der Waals surface area contributed by atoms with Crippen LogP contribution in [0, 0.1) is 5.92 Å². The molecule has 2 atom stereocenters. The van der Waals surface area contributed by atoms with E-state index in [1.807, 2.05) is 31.2 Å².